The number of aryl methyl sites for hydroxylation is 2. The fourth-order valence-electron chi connectivity index (χ4n) is 4.42. The Morgan fingerprint density at radius 3 is 2.66 bits per heavy atom. The van der Waals surface area contributed by atoms with Crippen molar-refractivity contribution in [3.63, 3.8) is 0 Å². The molecule has 0 aliphatic carbocycles. The number of aliphatic hydroxyl groups is 1. The van der Waals surface area contributed by atoms with Crippen LogP contribution >= 0.6 is 0 Å². The third-order valence-corrected chi connectivity index (χ3v) is 6.13. The van der Waals surface area contributed by atoms with Crippen LogP contribution in [0.15, 0.2) is 60.7 Å². The Morgan fingerprint density at radius 2 is 1.81 bits per heavy atom. The molecule has 2 heterocycles. The number of ether oxygens (including phenoxy) is 2. The number of anilines is 1. The van der Waals surface area contributed by atoms with Gasteiger partial charge in [-0.1, -0.05) is 42.0 Å². The highest BCUT2D eigenvalue weighted by Gasteiger charge is 2.50. The molecule has 2 aliphatic heterocycles. The summed E-state index contributed by atoms with van der Waals surface area (Å²) in [7, 11) is 0. The summed E-state index contributed by atoms with van der Waals surface area (Å²) in [6, 6.07) is 18.2. The number of rotatable bonds is 5. The van der Waals surface area contributed by atoms with E-state index in [4.69, 9.17) is 9.47 Å². The maximum atomic E-state index is 13.5. The number of carbonyl (C=O) groups excluding carboxylic acids is 2. The van der Waals surface area contributed by atoms with Crippen LogP contribution in [0.3, 0.4) is 0 Å². The highest BCUT2D eigenvalue weighted by Crippen LogP contribution is 2.44. The van der Waals surface area contributed by atoms with Gasteiger partial charge in [0, 0.05) is 11.1 Å². The van der Waals surface area contributed by atoms with Crippen LogP contribution in [-0.4, -0.2) is 23.6 Å². The number of carbonyl (C=O) groups is 2. The van der Waals surface area contributed by atoms with Gasteiger partial charge in [0.05, 0.1) is 18.7 Å². The molecule has 0 radical (unpaired) electrons. The maximum Gasteiger partial charge on any atom is 0.264 e. The number of Topliss-reactive ketones (excluding diaryl/α,β-unsaturated/α-hetero) is 1. The number of benzene rings is 3. The predicted octanol–water partition coefficient (Wildman–Crippen LogP) is 4.04. The summed E-state index contributed by atoms with van der Waals surface area (Å²) < 4.78 is 10.8. The lowest BCUT2D eigenvalue weighted by Crippen LogP contribution is -2.41. The van der Waals surface area contributed by atoms with Crippen molar-refractivity contribution in [1.29, 1.82) is 0 Å². The minimum Gasteiger partial charge on any atom is -0.454 e. The molecule has 1 amide bonds. The third-order valence-electron chi connectivity index (χ3n) is 6.13. The van der Waals surface area contributed by atoms with Crippen molar-refractivity contribution in [1.82, 2.24) is 0 Å². The Bertz CT molecular complexity index is 1250. The fraction of sp³-hybridized carbons (Fsp3) is 0.231. The van der Waals surface area contributed by atoms with Crippen LogP contribution in [0.25, 0.3) is 0 Å². The van der Waals surface area contributed by atoms with Crippen molar-refractivity contribution >= 4 is 17.4 Å². The topological polar surface area (TPSA) is 76.1 Å². The summed E-state index contributed by atoms with van der Waals surface area (Å²) in [5.74, 6) is 0.525. The number of ketones is 1. The number of para-hydroxylation sites is 1. The zero-order chi connectivity index (χ0) is 22.5. The largest absolute Gasteiger partial charge is 0.454 e. The molecule has 0 bridgehead atoms. The molecule has 0 saturated heterocycles. The van der Waals surface area contributed by atoms with Crippen LogP contribution in [0, 0.1) is 13.8 Å². The van der Waals surface area contributed by atoms with Crippen molar-refractivity contribution in [3.8, 4) is 11.5 Å². The van der Waals surface area contributed by atoms with Crippen molar-refractivity contribution in [2.75, 3.05) is 11.7 Å². The molecule has 0 saturated carbocycles. The summed E-state index contributed by atoms with van der Waals surface area (Å²) in [5, 5.41) is 11.6. The second-order valence-electron chi connectivity index (χ2n) is 8.37. The van der Waals surface area contributed by atoms with Gasteiger partial charge in [-0.3, -0.25) is 9.59 Å². The fourth-order valence-corrected chi connectivity index (χ4v) is 4.42. The Morgan fingerprint density at radius 1 is 1.03 bits per heavy atom. The van der Waals surface area contributed by atoms with Gasteiger partial charge in [-0.2, -0.15) is 0 Å². The molecule has 32 heavy (non-hydrogen) atoms. The number of hydrogen-bond donors (Lipinski definition) is 1. The lowest BCUT2D eigenvalue weighted by molar-refractivity contribution is -0.136. The quantitative estimate of drug-likeness (QED) is 0.620. The molecular weight excluding hydrogens is 406 g/mol. The minimum absolute atomic E-state index is 0.171. The van der Waals surface area contributed by atoms with Gasteiger partial charge in [0.25, 0.3) is 5.91 Å². The van der Waals surface area contributed by atoms with E-state index < -0.39 is 11.5 Å². The third kappa shape index (κ3) is 3.24. The Kier molecular flexibility index (Phi) is 4.75. The van der Waals surface area contributed by atoms with E-state index in [9.17, 15) is 14.7 Å². The van der Waals surface area contributed by atoms with Gasteiger partial charge in [-0.25, -0.2) is 0 Å². The molecule has 0 spiro atoms. The monoisotopic (exact) mass is 429 g/mol. The average Bonchev–Trinajstić information content (AvgIpc) is 3.33. The van der Waals surface area contributed by atoms with Crippen LogP contribution in [0.1, 0.15) is 39.0 Å². The van der Waals surface area contributed by atoms with Crippen molar-refractivity contribution in [3.05, 3.63) is 88.5 Å². The number of amides is 1. The molecule has 6 nitrogen and oxygen atoms in total. The van der Waals surface area contributed by atoms with Gasteiger partial charge < -0.3 is 19.5 Å². The number of hydrogen-bond acceptors (Lipinski definition) is 5. The first-order valence-electron chi connectivity index (χ1n) is 10.5. The van der Waals surface area contributed by atoms with E-state index in [0.29, 0.717) is 28.3 Å². The number of fused-ring (bicyclic) bond motifs is 2. The van der Waals surface area contributed by atoms with E-state index in [-0.39, 0.29) is 25.5 Å². The lowest BCUT2D eigenvalue weighted by atomic mass is 9.87. The van der Waals surface area contributed by atoms with Crippen LogP contribution < -0.4 is 14.4 Å². The molecule has 0 fully saturated rings. The Hall–Kier alpha value is -3.64. The molecule has 2 aliphatic rings. The van der Waals surface area contributed by atoms with Crippen molar-refractivity contribution in [2.45, 2.75) is 32.4 Å². The van der Waals surface area contributed by atoms with Gasteiger partial charge >= 0.3 is 0 Å². The second-order valence-corrected chi connectivity index (χ2v) is 8.37. The lowest BCUT2D eigenvalue weighted by Gasteiger charge is -2.23. The molecular formula is C26H23NO5. The molecule has 1 N–H and O–H groups in total. The van der Waals surface area contributed by atoms with Crippen LogP contribution in [-0.2, 0) is 16.9 Å². The zero-order valence-electron chi connectivity index (χ0n) is 17.9. The van der Waals surface area contributed by atoms with Gasteiger partial charge in [0.1, 0.15) is 0 Å². The Balaban J connectivity index is 1.48. The summed E-state index contributed by atoms with van der Waals surface area (Å²) >= 11 is 0. The Labute approximate surface area is 186 Å². The smallest absolute Gasteiger partial charge is 0.264 e. The highest BCUT2D eigenvalue weighted by molar-refractivity contribution is 6.11. The molecule has 0 unspecified atom stereocenters. The van der Waals surface area contributed by atoms with E-state index in [0.717, 1.165) is 16.7 Å². The summed E-state index contributed by atoms with van der Waals surface area (Å²) in [5.41, 5.74) is 2.27. The second kappa shape index (κ2) is 7.50. The van der Waals surface area contributed by atoms with E-state index in [1.54, 1.807) is 30.3 Å². The molecule has 3 aromatic carbocycles. The average molecular weight is 429 g/mol. The molecule has 0 aromatic heterocycles. The van der Waals surface area contributed by atoms with Gasteiger partial charge in [0.15, 0.2) is 22.9 Å². The summed E-state index contributed by atoms with van der Waals surface area (Å²) in [6.45, 7) is 4.18. The zero-order valence-corrected chi connectivity index (χ0v) is 17.9. The first-order chi connectivity index (χ1) is 15.4. The number of nitrogens with zero attached hydrogens (tertiary/aromatic N) is 1. The SMILES string of the molecule is Cc1ccc(C)c(C(=O)C[C@@]2(O)C(=O)N(Cc3ccc4c(c3)OCO4)c3ccccc32)c1. The predicted molar refractivity (Wildman–Crippen MR) is 119 cm³/mol. The van der Waals surface area contributed by atoms with E-state index in [1.807, 2.05) is 44.2 Å². The normalized spacial score (nSPS) is 18.7. The van der Waals surface area contributed by atoms with E-state index in [1.165, 1.54) is 4.90 Å². The first kappa shape index (κ1) is 20.3. The van der Waals surface area contributed by atoms with E-state index >= 15 is 0 Å². The van der Waals surface area contributed by atoms with Crippen LogP contribution in [0.2, 0.25) is 0 Å². The van der Waals surface area contributed by atoms with Crippen molar-refractivity contribution in [2.24, 2.45) is 0 Å². The molecule has 6 heteroatoms. The molecule has 5 rings (SSSR count). The summed E-state index contributed by atoms with van der Waals surface area (Å²) in [4.78, 5) is 28.2. The van der Waals surface area contributed by atoms with Gasteiger partial charge in [0.2, 0.25) is 6.79 Å². The molecule has 3 aromatic rings. The molecule has 1 atom stereocenters. The highest BCUT2D eigenvalue weighted by atomic mass is 16.7. The molecule has 162 valence electrons. The van der Waals surface area contributed by atoms with E-state index in [2.05, 4.69) is 0 Å². The first-order valence-corrected chi connectivity index (χ1v) is 10.5. The summed E-state index contributed by atoms with van der Waals surface area (Å²) in [6.07, 6.45) is -0.315. The van der Waals surface area contributed by atoms with Crippen LogP contribution in [0.4, 0.5) is 5.69 Å². The standard InChI is InChI=1S/C26H23NO5/c1-16-7-8-17(2)19(11-16)22(28)13-26(30)20-5-3-4-6-21(20)27(25(26)29)14-18-9-10-23-24(12-18)32-15-31-23/h3-12,30H,13-15H2,1-2H3/t26-/m0/s1. The van der Waals surface area contributed by atoms with Gasteiger partial charge in [-0.15, -0.1) is 0 Å². The maximum absolute atomic E-state index is 13.5. The van der Waals surface area contributed by atoms with Gasteiger partial charge in [-0.05, 0) is 49.2 Å². The van der Waals surface area contributed by atoms with Crippen molar-refractivity contribution < 1.29 is 24.2 Å². The minimum atomic E-state index is -1.92. The van der Waals surface area contributed by atoms with Crippen LogP contribution in [0.5, 0.6) is 11.5 Å².